The fourth-order valence-electron chi connectivity index (χ4n) is 1.24. The first-order chi connectivity index (χ1) is 7.25. The molecule has 0 fully saturated rings. The fourth-order valence-corrected chi connectivity index (χ4v) is 1.24. The van der Waals surface area contributed by atoms with E-state index in [1.54, 1.807) is 18.2 Å². The standard InChI is InChI=1S/C10H15N3O2/c1-2-11-7-8-12-9-5-3-4-6-10(9)13(14)15/h3-6,11-12H,2,7-8H2,1H3. The van der Waals surface area contributed by atoms with Crippen LogP contribution < -0.4 is 10.6 Å². The number of nitro benzene ring substituents is 1. The third-order valence-electron chi connectivity index (χ3n) is 1.97. The van der Waals surface area contributed by atoms with E-state index >= 15 is 0 Å². The molecule has 0 aliphatic rings. The molecule has 15 heavy (non-hydrogen) atoms. The topological polar surface area (TPSA) is 67.2 Å². The summed E-state index contributed by atoms with van der Waals surface area (Å²) in [6, 6.07) is 6.65. The second-order valence-electron chi connectivity index (χ2n) is 3.05. The molecule has 0 spiro atoms. The first kappa shape index (κ1) is 11.5. The minimum Gasteiger partial charge on any atom is -0.378 e. The molecule has 0 saturated carbocycles. The van der Waals surface area contributed by atoms with E-state index in [1.165, 1.54) is 6.07 Å². The van der Waals surface area contributed by atoms with Crippen molar-refractivity contribution < 1.29 is 4.92 Å². The predicted octanol–water partition coefficient (Wildman–Crippen LogP) is 1.62. The number of nitrogens with one attached hydrogen (secondary N) is 2. The van der Waals surface area contributed by atoms with E-state index in [0.717, 1.165) is 13.1 Å². The maximum Gasteiger partial charge on any atom is 0.292 e. The lowest BCUT2D eigenvalue weighted by molar-refractivity contribution is -0.384. The van der Waals surface area contributed by atoms with Gasteiger partial charge in [0.15, 0.2) is 0 Å². The molecular weight excluding hydrogens is 194 g/mol. The summed E-state index contributed by atoms with van der Waals surface area (Å²) in [5, 5.41) is 16.8. The van der Waals surface area contributed by atoms with E-state index in [1.807, 2.05) is 6.92 Å². The molecule has 0 bridgehead atoms. The second-order valence-corrected chi connectivity index (χ2v) is 3.05. The molecule has 5 heteroatoms. The lowest BCUT2D eigenvalue weighted by Gasteiger charge is -2.06. The first-order valence-corrected chi connectivity index (χ1v) is 4.93. The molecule has 0 aliphatic heterocycles. The molecule has 0 aromatic heterocycles. The van der Waals surface area contributed by atoms with Crippen molar-refractivity contribution in [2.45, 2.75) is 6.92 Å². The molecule has 0 radical (unpaired) electrons. The van der Waals surface area contributed by atoms with Crippen molar-refractivity contribution in [3.8, 4) is 0 Å². The van der Waals surface area contributed by atoms with Gasteiger partial charge in [0.25, 0.3) is 5.69 Å². The third kappa shape index (κ3) is 3.55. The molecule has 5 nitrogen and oxygen atoms in total. The number of benzene rings is 1. The van der Waals surface area contributed by atoms with E-state index in [-0.39, 0.29) is 10.6 Å². The van der Waals surface area contributed by atoms with Crippen molar-refractivity contribution in [3.05, 3.63) is 34.4 Å². The molecule has 0 atom stereocenters. The zero-order chi connectivity index (χ0) is 11.1. The first-order valence-electron chi connectivity index (χ1n) is 4.93. The Labute approximate surface area is 88.6 Å². The van der Waals surface area contributed by atoms with Crippen molar-refractivity contribution in [3.63, 3.8) is 0 Å². The van der Waals surface area contributed by atoms with Crippen LogP contribution in [0.15, 0.2) is 24.3 Å². The molecule has 0 heterocycles. The second kappa shape index (κ2) is 5.98. The smallest absolute Gasteiger partial charge is 0.292 e. The van der Waals surface area contributed by atoms with Gasteiger partial charge < -0.3 is 10.6 Å². The Morgan fingerprint density at radius 2 is 2.07 bits per heavy atom. The van der Waals surface area contributed by atoms with Crippen molar-refractivity contribution in [1.29, 1.82) is 0 Å². The Balaban J connectivity index is 2.56. The predicted molar refractivity (Wildman–Crippen MR) is 60.1 cm³/mol. The van der Waals surface area contributed by atoms with Crippen molar-refractivity contribution in [1.82, 2.24) is 5.32 Å². The van der Waals surface area contributed by atoms with Gasteiger partial charge in [-0.25, -0.2) is 0 Å². The van der Waals surface area contributed by atoms with E-state index < -0.39 is 0 Å². The number of nitrogens with zero attached hydrogens (tertiary/aromatic N) is 1. The van der Waals surface area contributed by atoms with Crippen LogP contribution in [-0.2, 0) is 0 Å². The molecule has 1 aromatic rings. The molecular formula is C10H15N3O2. The van der Waals surface area contributed by atoms with E-state index in [2.05, 4.69) is 10.6 Å². The maximum atomic E-state index is 10.7. The number of hydrogen-bond donors (Lipinski definition) is 2. The van der Waals surface area contributed by atoms with Gasteiger partial charge in [-0.15, -0.1) is 0 Å². The highest BCUT2D eigenvalue weighted by Crippen LogP contribution is 2.22. The highest BCUT2D eigenvalue weighted by atomic mass is 16.6. The van der Waals surface area contributed by atoms with Crippen LogP contribution in [0.4, 0.5) is 11.4 Å². The highest BCUT2D eigenvalue weighted by Gasteiger charge is 2.10. The van der Waals surface area contributed by atoms with Crippen molar-refractivity contribution in [2.24, 2.45) is 0 Å². The highest BCUT2D eigenvalue weighted by molar-refractivity contribution is 5.60. The largest absolute Gasteiger partial charge is 0.378 e. The SMILES string of the molecule is CCNCCNc1ccccc1[N+](=O)[O-]. The summed E-state index contributed by atoms with van der Waals surface area (Å²) in [5.74, 6) is 0. The minimum absolute atomic E-state index is 0.119. The van der Waals surface area contributed by atoms with Gasteiger partial charge in [-0.05, 0) is 12.6 Å². The van der Waals surface area contributed by atoms with E-state index in [4.69, 9.17) is 0 Å². The molecule has 1 aromatic carbocycles. The summed E-state index contributed by atoms with van der Waals surface area (Å²) < 4.78 is 0. The molecule has 0 unspecified atom stereocenters. The van der Waals surface area contributed by atoms with Crippen LogP contribution in [0.5, 0.6) is 0 Å². The van der Waals surface area contributed by atoms with Crippen LogP contribution in [0.1, 0.15) is 6.92 Å². The van der Waals surface area contributed by atoms with Crippen LogP contribution in [-0.4, -0.2) is 24.6 Å². The fraction of sp³-hybridized carbons (Fsp3) is 0.400. The summed E-state index contributed by atoms with van der Waals surface area (Å²) in [4.78, 5) is 10.3. The van der Waals surface area contributed by atoms with Crippen molar-refractivity contribution in [2.75, 3.05) is 25.0 Å². The lowest BCUT2D eigenvalue weighted by Crippen LogP contribution is -2.21. The van der Waals surface area contributed by atoms with E-state index in [9.17, 15) is 10.1 Å². The van der Waals surface area contributed by atoms with Gasteiger partial charge in [-0.1, -0.05) is 19.1 Å². The Hall–Kier alpha value is -1.62. The average Bonchev–Trinajstić information content (AvgIpc) is 2.25. The van der Waals surface area contributed by atoms with Crippen LogP contribution in [0.2, 0.25) is 0 Å². The van der Waals surface area contributed by atoms with Gasteiger partial charge >= 0.3 is 0 Å². The van der Waals surface area contributed by atoms with Crippen LogP contribution >= 0.6 is 0 Å². The Bertz CT molecular complexity index is 328. The molecule has 2 N–H and O–H groups in total. The normalized spacial score (nSPS) is 9.93. The van der Waals surface area contributed by atoms with Crippen LogP contribution in [0, 0.1) is 10.1 Å². The Morgan fingerprint density at radius 3 is 2.73 bits per heavy atom. The number of anilines is 1. The van der Waals surface area contributed by atoms with Crippen LogP contribution in [0.25, 0.3) is 0 Å². The van der Waals surface area contributed by atoms with E-state index in [0.29, 0.717) is 12.2 Å². The van der Waals surface area contributed by atoms with Crippen molar-refractivity contribution >= 4 is 11.4 Å². The quantitative estimate of drug-likeness (QED) is 0.424. The average molecular weight is 209 g/mol. The number of rotatable bonds is 6. The summed E-state index contributed by atoms with van der Waals surface area (Å²) in [5.41, 5.74) is 0.689. The van der Waals surface area contributed by atoms with Crippen LogP contribution in [0.3, 0.4) is 0 Å². The molecule has 0 saturated heterocycles. The van der Waals surface area contributed by atoms with Gasteiger partial charge in [0.05, 0.1) is 4.92 Å². The van der Waals surface area contributed by atoms with Gasteiger partial charge in [0.2, 0.25) is 0 Å². The number of hydrogen-bond acceptors (Lipinski definition) is 4. The summed E-state index contributed by atoms with van der Waals surface area (Å²) in [7, 11) is 0. The monoisotopic (exact) mass is 209 g/mol. The van der Waals surface area contributed by atoms with Gasteiger partial charge in [-0.2, -0.15) is 0 Å². The zero-order valence-electron chi connectivity index (χ0n) is 8.69. The number of likely N-dealkylation sites (N-methyl/N-ethyl adjacent to an activating group) is 1. The summed E-state index contributed by atoms with van der Waals surface area (Å²) in [6.45, 7) is 4.39. The molecule has 0 amide bonds. The zero-order valence-corrected chi connectivity index (χ0v) is 8.69. The number of para-hydroxylation sites is 2. The molecule has 82 valence electrons. The van der Waals surface area contributed by atoms with Gasteiger partial charge in [-0.3, -0.25) is 10.1 Å². The maximum absolute atomic E-state index is 10.7. The Kier molecular flexibility index (Phi) is 4.56. The molecule has 1 rings (SSSR count). The lowest BCUT2D eigenvalue weighted by atomic mass is 10.2. The molecule has 0 aliphatic carbocycles. The Morgan fingerprint density at radius 1 is 1.33 bits per heavy atom. The number of nitro groups is 1. The minimum atomic E-state index is -0.379. The van der Waals surface area contributed by atoms with Gasteiger partial charge in [0, 0.05) is 19.2 Å². The summed E-state index contributed by atoms with van der Waals surface area (Å²) in [6.07, 6.45) is 0. The van der Waals surface area contributed by atoms with Gasteiger partial charge in [0.1, 0.15) is 5.69 Å². The summed E-state index contributed by atoms with van der Waals surface area (Å²) >= 11 is 0. The third-order valence-corrected chi connectivity index (χ3v) is 1.97.